The SMILES string of the molecule is CC(C)(CNC(=O)O)c1ccc2c(c1)OCCO2. The summed E-state index contributed by atoms with van der Waals surface area (Å²) < 4.78 is 11.0. The first-order chi connectivity index (χ1) is 8.49. The number of carboxylic acid groups (broad SMARTS) is 1. The Bertz CT molecular complexity index is 456. The van der Waals surface area contributed by atoms with Crippen molar-refractivity contribution in [2.24, 2.45) is 0 Å². The Morgan fingerprint density at radius 3 is 2.67 bits per heavy atom. The second kappa shape index (κ2) is 4.76. The summed E-state index contributed by atoms with van der Waals surface area (Å²) in [4.78, 5) is 10.6. The average Bonchev–Trinajstić information content (AvgIpc) is 2.36. The number of nitrogens with one attached hydrogen (secondary N) is 1. The van der Waals surface area contributed by atoms with Crippen LogP contribution in [0.25, 0.3) is 0 Å². The highest BCUT2D eigenvalue weighted by atomic mass is 16.6. The lowest BCUT2D eigenvalue weighted by Gasteiger charge is -2.27. The van der Waals surface area contributed by atoms with Crippen molar-refractivity contribution >= 4 is 6.09 Å². The molecule has 1 amide bonds. The highest BCUT2D eigenvalue weighted by molar-refractivity contribution is 5.64. The molecule has 0 fully saturated rings. The molecular weight excluding hydrogens is 234 g/mol. The van der Waals surface area contributed by atoms with Crippen molar-refractivity contribution in [3.8, 4) is 11.5 Å². The maximum atomic E-state index is 10.6. The molecule has 1 aliphatic rings. The Morgan fingerprint density at radius 2 is 2.00 bits per heavy atom. The third-order valence-corrected chi connectivity index (χ3v) is 3.01. The summed E-state index contributed by atoms with van der Waals surface area (Å²) in [5.74, 6) is 1.47. The van der Waals surface area contributed by atoms with Crippen LogP contribution in [0, 0.1) is 0 Å². The fourth-order valence-electron chi connectivity index (χ4n) is 1.86. The Morgan fingerprint density at radius 1 is 1.33 bits per heavy atom. The minimum absolute atomic E-state index is 0.297. The molecule has 1 aromatic rings. The van der Waals surface area contributed by atoms with Crippen molar-refractivity contribution in [3.63, 3.8) is 0 Å². The van der Waals surface area contributed by atoms with E-state index in [1.165, 1.54) is 0 Å². The highest BCUT2D eigenvalue weighted by Crippen LogP contribution is 2.34. The van der Waals surface area contributed by atoms with Crippen molar-refractivity contribution in [2.75, 3.05) is 19.8 Å². The van der Waals surface area contributed by atoms with E-state index < -0.39 is 6.09 Å². The fraction of sp³-hybridized carbons (Fsp3) is 0.462. The number of rotatable bonds is 3. The maximum absolute atomic E-state index is 10.6. The van der Waals surface area contributed by atoms with Gasteiger partial charge < -0.3 is 19.9 Å². The quantitative estimate of drug-likeness (QED) is 0.862. The zero-order valence-corrected chi connectivity index (χ0v) is 10.5. The summed E-state index contributed by atoms with van der Waals surface area (Å²) in [5.41, 5.74) is 0.717. The van der Waals surface area contributed by atoms with Gasteiger partial charge in [-0.2, -0.15) is 0 Å². The minimum atomic E-state index is -1.01. The van der Waals surface area contributed by atoms with Crippen LogP contribution in [0.5, 0.6) is 11.5 Å². The van der Waals surface area contributed by atoms with E-state index in [1.54, 1.807) is 0 Å². The molecule has 5 nitrogen and oxygen atoms in total. The predicted octanol–water partition coefficient (Wildman–Crippen LogP) is 2.00. The van der Waals surface area contributed by atoms with Crippen molar-refractivity contribution in [2.45, 2.75) is 19.3 Å². The average molecular weight is 251 g/mol. The van der Waals surface area contributed by atoms with Crippen molar-refractivity contribution in [1.29, 1.82) is 0 Å². The summed E-state index contributed by atoms with van der Waals surface area (Å²) in [6, 6.07) is 5.72. The van der Waals surface area contributed by atoms with Crippen LogP contribution in [0.1, 0.15) is 19.4 Å². The van der Waals surface area contributed by atoms with Crippen LogP contribution < -0.4 is 14.8 Å². The minimum Gasteiger partial charge on any atom is -0.486 e. The van der Waals surface area contributed by atoms with Gasteiger partial charge in [-0.05, 0) is 17.7 Å². The maximum Gasteiger partial charge on any atom is 0.404 e. The molecule has 0 aliphatic carbocycles. The Kier molecular flexibility index (Phi) is 3.32. The van der Waals surface area contributed by atoms with Gasteiger partial charge in [-0.3, -0.25) is 0 Å². The first-order valence-corrected chi connectivity index (χ1v) is 5.86. The molecule has 0 unspecified atom stereocenters. The summed E-state index contributed by atoms with van der Waals surface area (Å²) in [7, 11) is 0. The molecule has 2 N–H and O–H groups in total. The second-order valence-corrected chi connectivity index (χ2v) is 4.90. The topological polar surface area (TPSA) is 67.8 Å². The zero-order chi connectivity index (χ0) is 13.2. The molecule has 0 saturated heterocycles. The lowest BCUT2D eigenvalue weighted by atomic mass is 9.84. The highest BCUT2D eigenvalue weighted by Gasteiger charge is 2.23. The van der Waals surface area contributed by atoms with Crippen LogP contribution in [-0.2, 0) is 5.41 Å². The predicted molar refractivity (Wildman–Crippen MR) is 66.5 cm³/mol. The molecule has 0 aromatic heterocycles. The summed E-state index contributed by atoms with van der Waals surface area (Å²) in [6.45, 7) is 5.42. The van der Waals surface area contributed by atoms with Crippen LogP contribution in [0.15, 0.2) is 18.2 Å². The van der Waals surface area contributed by atoms with Crippen molar-refractivity contribution in [3.05, 3.63) is 23.8 Å². The third kappa shape index (κ3) is 2.67. The van der Waals surface area contributed by atoms with Gasteiger partial charge in [0.25, 0.3) is 0 Å². The number of ether oxygens (including phenoxy) is 2. The van der Waals surface area contributed by atoms with E-state index in [1.807, 2.05) is 32.0 Å². The standard InChI is InChI=1S/C13H17NO4/c1-13(2,8-14-12(15)16)9-3-4-10-11(7-9)18-6-5-17-10/h3-4,7,14H,5-6,8H2,1-2H3,(H,15,16). The number of amides is 1. The van der Waals surface area contributed by atoms with Gasteiger partial charge in [0.15, 0.2) is 11.5 Å². The first kappa shape index (κ1) is 12.5. The van der Waals surface area contributed by atoms with E-state index in [9.17, 15) is 4.79 Å². The van der Waals surface area contributed by atoms with Crippen LogP contribution in [0.2, 0.25) is 0 Å². The Hall–Kier alpha value is -1.91. The third-order valence-electron chi connectivity index (χ3n) is 3.01. The largest absolute Gasteiger partial charge is 0.486 e. The second-order valence-electron chi connectivity index (χ2n) is 4.90. The van der Waals surface area contributed by atoms with E-state index in [2.05, 4.69) is 5.32 Å². The van der Waals surface area contributed by atoms with Gasteiger partial charge in [-0.1, -0.05) is 19.9 Å². The molecule has 5 heteroatoms. The van der Waals surface area contributed by atoms with E-state index in [0.717, 1.165) is 17.1 Å². The lowest BCUT2D eigenvalue weighted by Crippen LogP contribution is -2.35. The summed E-state index contributed by atoms with van der Waals surface area (Å²) in [6.07, 6.45) is -1.01. The van der Waals surface area contributed by atoms with Crippen LogP contribution in [-0.4, -0.2) is 31.0 Å². The molecule has 2 rings (SSSR count). The zero-order valence-electron chi connectivity index (χ0n) is 10.5. The first-order valence-electron chi connectivity index (χ1n) is 5.86. The molecule has 0 atom stereocenters. The number of hydrogen-bond donors (Lipinski definition) is 2. The molecule has 1 aromatic carbocycles. The molecule has 18 heavy (non-hydrogen) atoms. The monoisotopic (exact) mass is 251 g/mol. The van der Waals surface area contributed by atoms with Crippen molar-refractivity contribution < 1.29 is 19.4 Å². The van der Waals surface area contributed by atoms with E-state index in [4.69, 9.17) is 14.6 Å². The van der Waals surface area contributed by atoms with Gasteiger partial charge in [0.2, 0.25) is 0 Å². The van der Waals surface area contributed by atoms with E-state index in [0.29, 0.717) is 19.8 Å². The van der Waals surface area contributed by atoms with Crippen LogP contribution in [0.3, 0.4) is 0 Å². The van der Waals surface area contributed by atoms with Gasteiger partial charge >= 0.3 is 6.09 Å². The van der Waals surface area contributed by atoms with Crippen LogP contribution >= 0.6 is 0 Å². The van der Waals surface area contributed by atoms with Gasteiger partial charge in [-0.15, -0.1) is 0 Å². The van der Waals surface area contributed by atoms with Crippen LogP contribution in [0.4, 0.5) is 4.79 Å². The molecule has 0 radical (unpaired) electrons. The molecule has 0 bridgehead atoms. The number of carbonyl (C=O) groups is 1. The Labute approximate surface area is 106 Å². The molecule has 1 heterocycles. The number of hydrogen-bond acceptors (Lipinski definition) is 3. The smallest absolute Gasteiger partial charge is 0.404 e. The lowest BCUT2D eigenvalue weighted by molar-refractivity contribution is 0.171. The van der Waals surface area contributed by atoms with Gasteiger partial charge in [-0.25, -0.2) is 4.79 Å². The van der Waals surface area contributed by atoms with Crippen molar-refractivity contribution in [1.82, 2.24) is 5.32 Å². The van der Waals surface area contributed by atoms with E-state index in [-0.39, 0.29) is 5.41 Å². The number of benzene rings is 1. The molecule has 0 saturated carbocycles. The van der Waals surface area contributed by atoms with Gasteiger partial charge in [0.05, 0.1) is 0 Å². The normalized spacial score (nSPS) is 14.1. The molecule has 1 aliphatic heterocycles. The summed E-state index contributed by atoms with van der Waals surface area (Å²) in [5, 5.41) is 11.1. The molecule has 0 spiro atoms. The summed E-state index contributed by atoms with van der Waals surface area (Å²) >= 11 is 0. The van der Waals surface area contributed by atoms with Gasteiger partial charge in [0.1, 0.15) is 13.2 Å². The Balaban J connectivity index is 2.19. The fourth-order valence-corrected chi connectivity index (χ4v) is 1.86. The number of fused-ring (bicyclic) bond motifs is 1. The molecule has 98 valence electrons. The van der Waals surface area contributed by atoms with E-state index >= 15 is 0 Å². The van der Waals surface area contributed by atoms with Gasteiger partial charge in [0, 0.05) is 12.0 Å². The molecular formula is C13H17NO4.